The number of hydroxylamine groups is 2. The fraction of sp³-hybridized carbons (Fsp3) is 0.500. The van der Waals surface area contributed by atoms with Crippen LogP contribution in [0.5, 0.6) is 0 Å². The maximum atomic E-state index is 5.87. The number of nitrogens with two attached hydrogens (primary N) is 1. The summed E-state index contributed by atoms with van der Waals surface area (Å²) in [6.45, 7) is 2.30. The summed E-state index contributed by atoms with van der Waals surface area (Å²) >= 11 is 5.87. The fourth-order valence-corrected chi connectivity index (χ4v) is 2.09. The highest BCUT2D eigenvalue weighted by Gasteiger charge is 2.21. The van der Waals surface area contributed by atoms with E-state index < -0.39 is 0 Å². The van der Waals surface area contributed by atoms with Gasteiger partial charge in [0.1, 0.15) is 0 Å². The number of rotatable bonds is 3. The molecule has 4 heteroatoms. The van der Waals surface area contributed by atoms with Crippen molar-refractivity contribution in [3.05, 3.63) is 34.9 Å². The first-order valence-electron chi connectivity index (χ1n) is 5.66. The molecule has 0 spiro atoms. The van der Waals surface area contributed by atoms with Gasteiger partial charge in [-0.05, 0) is 30.5 Å². The minimum absolute atomic E-state index is 0.137. The second-order valence-corrected chi connectivity index (χ2v) is 4.42. The molecule has 2 N–H and O–H groups in total. The lowest BCUT2D eigenvalue weighted by Crippen LogP contribution is -2.37. The molecule has 0 radical (unpaired) electrons. The monoisotopic (exact) mass is 240 g/mol. The number of nitrogens with zero attached hydrogens (tertiary/aromatic N) is 1. The van der Waals surface area contributed by atoms with Crippen LogP contribution in [0.4, 0.5) is 0 Å². The van der Waals surface area contributed by atoms with Gasteiger partial charge in [0, 0.05) is 18.1 Å². The molecule has 2 rings (SSSR count). The summed E-state index contributed by atoms with van der Waals surface area (Å²) in [6, 6.07) is 7.94. The third-order valence-electron chi connectivity index (χ3n) is 2.86. The maximum absolute atomic E-state index is 5.87. The third kappa shape index (κ3) is 2.74. The lowest BCUT2D eigenvalue weighted by atomic mass is 10.1. The topological polar surface area (TPSA) is 38.5 Å². The standard InChI is InChI=1S/C12H17ClN2O/c13-11-5-3-10(4-6-11)12(9-14)15-7-1-2-8-16-15/h3-6,12H,1-2,7-9,14H2. The molecular weight excluding hydrogens is 224 g/mol. The number of halogens is 1. The van der Waals surface area contributed by atoms with Crippen molar-refractivity contribution in [2.45, 2.75) is 18.9 Å². The summed E-state index contributed by atoms with van der Waals surface area (Å²) in [7, 11) is 0. The van der Waals surface area contributed by atoms with Gasteiger partial charge in [-0.15, -0.1) is 0 Å². The molecule has 1 heterocycles. The van der Waals surface area contributed by atoms with E-state index in [9.17, 15) is 0 Å². The molecule has 1 aromatic carbocycles. The van der Waals surface area contributed by atoms with E-state index in [1.165, 1.54) is 6.42 Å². The van der Waals surface area contributed by atoms with E-state index in [1.54, 1.807) is 0 Å². The molecule has 0 aromatic heterocycles. The lowest BCUT2D eigenvalue weighted by molar-refractivity contribution is -0.206. The summed E-state index contributed by atoms with van der Waals surface area (Å²) in [5.74, 6) is 0. The van der Waals surface area contributed by atoms with Crippen LogP contribution in [0, 0.1) is 0 Å². The molecule has 0 amide bonds. The molecule has 1 aliphatic heterocycles. The molecule has 1 atom stereocenters. The van der Waals surface area contributed by atoms with Crippen LogP contribution in [0.25, 0.3) is 0 Å². The van der Waals surface area contributed by atoms with Gasteiger partial charge in [-0.2, -0.15) is 5.06 Å². The Morgan fingerprint density at radius 3 is 2.62 bits per heavy atom. The van der Waals surface area contributed by atoms with Crippen LogP contribution >= 0.6 is 11.6 Å². The Labute approximate surface area is 101 Å². The van der Waals surface area contributed by atoms with Crippen LogP contribution in [0.15, 0.2) is 24.3 Å². The summed E-state index contributed by atoms with van der Waals surface area (Å²) in [4.78, 5) is 5.64. The van der Waals surface area contributed by atoms with Crippen molar-refractivity contribution >= 4 is 11.6 Å². The number of benzene rings is 1. The molecule has 0 saturated carbocycles. The highest BCUT2D eigenvalue weighted by molar-refractivity contribution is 6.30. The second kappa shape index (κ2) is 5.64. The van der Waals surface area contributed by atoms with Crippen LogP contribution in [0.3, 0.4) is 0 Å². The predicted octanol–water partition coefficient (Wildman–Crippen LogP) is 2.37. The van der Waals surface area contributed by atoms with Crippen LogP contribution < -0.4 is 5.73 Å². The van der Waals surface area contributed by atoms with E-state index in [0.717, 1.165) is 30.2 Å². The number of hydrogen-bond acceptors (Lipinski definition) is 3. The third-order valence-corrected chi connectivity index (χ3v) is 3.11. The van der Waals surface area contributed by atoms with Crippen molar-refractivity contribution < 1.29 is 4.84 Å². The van der Waals surface area contributed by atoms with Crippen LogP contribution in [0.2, 0.25) is 5.02 Å². The van der Waals surface area contributed by atoms with Crippen molar-refractivity contribution in [1.29, 1.82) is 0 Å². The van der Waals surface area contributed by atoms with Crippen LogP contribution in [-0.4, -0.2) is 24.8 Å². The smallest absolute Gasteiger partial charge is 0.0724 e. The van der Waals surface area contributed by atoms with E-state index >= 15 is 0 Å². The normalized spacial score (nSPS) is 19.6. The predicted molar refractivity (Wildman–Crippen MR) is 65.1 cm³/mol. The van der Waals surface area contributed by atoms with Gasteiger partial charge in [-0.1, -0.05) is 23.7 Å². The Bertz CT molecular complexity index is 322. The van der Waals surface area contributed by atoms with Crippen molar-refractivity contribution in [2.75, 3.05) is 19.7 Å². The zero-order valence-electron chi connectivity index (χ0n) is 9.23. The summed E-state index contributed by atoms with van der Waals surface area (Å²) in [6.07, 6.45) is 2.30. The van der Waals surface area contributed by atoms with Gasteiger partial charge in [0.2, 0.25) is 0 Å². The molecule has 1 aromatic rings. The zero-order chi connectivity index (χ0) is 11.4. The van der Waals surface area contributed by atoms with E-state index in [4.69, 9.17) is 22.2 Å². The molecular formula is C12H17ClN2O. The first-order chi connectivity index (χ1) is 7.81. The first kappa shape index (κ1) is 11.9. The van der Waals surface area contributed by atoms with Gasteiger partial charge in [-0.3, -0.25) is 4.84 Å². The Balaban J connectivity index is 2.11. The van der Waals surface area contributed by atoms with E-state index in [2.05, 4.69) is 0 Å². The quantitative estimate of drug-likeness (QED) is 0.882. The molecule has 0 aliphatic carbocycles. The highest BCUT2D eigenvalue weighted by atomic mass is 35.5. The summed E-state index contributed by atoms with van der Waals surface area (Å²) < 4.78 is 0. The molecule has 0 bridgehead atoms. The molecule has 16 heavy (non-hydrogen) atoms. The molecule has 88 valence electrons. The van der Waals surface area contributed by atoms with Gasteiger partial charge >= 0.3 is 0 Å². The number of hydrogen-bond donors (Lipinski definition) is 1. The molecule has 1 aliphatic rings. The first-order valence-corrected chi connectivity index (χ1v) is 6.04. The largest absolute Gasteiger partial charge is 0.329 e. The minimum Gasteiger partial charge on any atom is -0.329 e. The minimum atomic E-state index is 0.137. The van der Waals surface area contributed by atoms with Gasteiger partial charge in [0.15, 0.2) is 0 Å². The molecule has 1 saturated heterocycles. The molecule has 1 unspecified atom stereocenters. The second-order valence-electron chi connectivity index (χ2n) is 3.98. The SMILES string of the molecule is NCC(c1ccc(Cl)cc1)N1CCCCO1. The Morgan fingerprint density at radius 1 is 1.31 bits per heavy atom. The van der Waals surface area contributed by atoms with Crippen molar-refractivity contribution in [1.82, 2.24) is 5.06 Å². The Kier molecular flexibility index (Phi) is 4.18. The highest BCUT2D eigenvalue weighted by Crippen LogP contribution is 2.24. The van der Waals surface area contributed by atoms with Gasteiger partial charge < -0.3 is 5.73 Å². The Morgan fingerprint density at radius 2 is 2.06 bits per heavy atom. The van der Waals surface area contributed by atoms with E-state index in [-0.39, 0.29) is 6.04 Å². The van der Waals surface area contributed by atoms with Crippen LogP contribution in [-0.2, 0) is 4.84 Å². The summed E-state index contributed by atoms with van der Waals surface area (Å²) in [5, 5.41) is 2.74. The van der Waals surface area contributed by atoms with Crippen LogP contribution in [0.1, 0.15) is 24.4 Å². The van der Waals surface area contributed by atoms with Gasteiger partial charge in [0.05, 0.1) is 12.6 Å². The van der Waals surface area contributed by atoms with Gasteiger partial charge in [0.25, 0.3) is 0 Å². The van der Waals surface area contributed by atoms with Gasteiger partial charge in [-0.25, -0.2) is 0 Å². The zero-order valence-corrected chi connectivity index (χ0v) is 9.99. The molecule has 1 fully saturated rings. The van der Waals surface area contributed by atoms with Crippen molar-refractivity contribution in [3.63, 3.8) is 0 Å². The molecule has 3 nitrogen and oxygen atoms in total. The summed E-state index contributed by atoms with van der Waals surface area (Å²) in [5.41, 5.74) is 6.98. The average Bonchev–Trinajstić information content (AvgIpc) is 2.34. The van der Waals surface area contributed by atoms with E-state index in [1.807, 2.05) is 29.3 Å². The van der Waals surface area contributed by atoms with E-state index in [0.29, 0.717) is 6.54 Å². The van der Waals surface area contributed by atoms with Crippen molar-refractivity contribution in [2.24, 2.45) is 5.73 Å². The fourth-order valence-electron chi connectivity index (χ4n) is 1.97. The average molecular weight is 241 g/mol. The van der Waals surface area contributed by atoms with Crippen molar-refractivity contribution in [3.8, 4) is 0 Å². The maximum Gasteiger partial charge on any atom is 0.0724 e. The Hall–Kier alpha value is -0.610. The lowest BCUT2D eigenvalue weighted by Gasteiger charge is -2.33.